The van der Waals surface area contributed by atoms with Gasteiger partial charge in [-0.05, 0) is 26.3 Å². The molecule has 2 aliphatic rings. The Hall–Kier alpha value is -3.39. The van der Waals surface area contributed by atoms with Crippen molar-refractivity contribution in [1.82, 2.24) is 15.2 Å². The Morgan fingerprint density at radius 1 is 1.31 bits per heavy atom. The Morgan fingerprint density at radius 3 is 2.61 bits per heavy atom. The summed E-state index contributed by atoms with van der Waals surface area (Å²) in [5.74, 6) is -2.21. The molecule has 0 aromatic carbocycles. The van der Waals surface area contributed by atoms with Gasteiger partial charge in [-0.2, -0.15) is 0 Å². The number of fused-ring (bicyclic) bond motifs is 1. The number of aromatic nitrogens is 1. The molecule has 194 valence electrons. The van der Waals surface area contributed by atoms with Crippen LogP contribution in [-0.4, -0.2) is 68.9 Å². The molecule has 3 heterocycles. The van der Waals surface area contributed by atoms with Crippen molar-refractivity contribution in [3.8, 4) is 0 Å². The third-order valence-electron chi connectivity index (χ3n) is 4.78. The summed E-state index contributed by atoms with van der Waals surface area (Å²) in [6.07, 6.45) is 2.01. The molecule has 1 fully saturated rings. The first-order valence-corrected chi connectivity index (χ1v) is 12.9. The van der Waals surface area contributed by atoms with Gasteiger partial charge in [-0.3, -0.25) is 19.3 Å². The van der Waals surface area contributed by atoms with E-state index >= 15 is 0 Å². The fourth-order valence-corrected chi connectivity index (χ4v) is 5.26. The molecule has 1 aromatic rings. The molecule has 3 rings (SSSR count). The van der Waals surface area contributed by atoms with Crippen LogP contribution in [0.4, 0.5) is 5.13 Å². The van der Waals surface area contributed by atoms with E-state index in [9.17, 15) is 19.2 Å². The van der Waals surface area contributed by atoms with Crippen LogP contribution in [0.2, 0.25) is 0 Å². The number of nitrogens with zero attached hydrogens (tertiary/aromatic N) is 3. The maximum absolute atomic E-state index is 13.1. The molecule has 1 aromatic heterocycles. The number of nitrogens with two attached hydrogens (primary N) is 1. The number of amides is 2. The zero-order valence-corrected chi connectivity index (χ0v) is 22.0. The number of nitrogen functional groups attached to an aromatic ring is 1. The van der Waals surface area contributed by atoms with Crippen molar-refractivity contribution in [3.05, 3.63) is 34.5 Å². The molecule has 0 bridgehead atoms. The van der Waals surface area contributed by atoms with E-state index in [0.717, 1.165) is 11.3 Å². The molecule has 2 aliphatic heterocycles. The quantitative estimate of drug-likeness (QED) is 0.155. The van der Waals surface area contributed by atoms with Gasteiger partial charge in [0.25, 0.3) is 11.8 Å². The second-order valence-electron chi connectivity index (χ2n) is 7.98. The highest BCUT2D eigenvalue weighted by molar-refractivity contribution is 8.00. The summed E-state index contributed by atoms with van der Waals surface area (Å²) in [7, 11) is 0. The van der Waals surface area contributed by atoms with Gasteiger partial charge < -0.3 is 25.4 Å². The molecule has 0 spiro atoms. The van der Waals surface area contributed by atoms with E-state index in [4.69, 9.17) is 20.0 Å². The molecule has 14 heteroatoms. The Bertz CT molecular complexity index is 1140. The van der Waals surface area contributed by atoms with Crippen LogP contribution >= 0.6 is 23.1 Å². The molecule has 0 aliphatic carbocycles. The summed E-state index contributed by atoms with van der Waals surface area (Å²) in [5.41, 5.74) is 6.40. The maximum Gasteiger partial charge on any atom is 0.358 e. The number of carbonyl (C=O) groups excluding carboxylic acids is 4. The number of esters is 2. The number of thioether (sulfide) groups is 1. The second-order valence-corrected chi connectivity index (χ2v) is 9.98. The highest BCUT2D eigenvalue weighted by Crippen LogP contribution is 2.41. The largest absolute Gasteiger partial charge is 0.426 e. The van der Waals surface area contributed by atoms with E-state index in [1.54, 1.807) is 38.3 Å². The number of rotatable bonds is 9. The number of thiazole rings is 1. The monoisotopic (exact) mass is 537 g/mol. The fourth-order valence-electron chi connectivity index (χ4n) is 3.39. The summed E-state index contributed by atoms with van der Waals surface area (Å²) < 4.78 is 10.1. The second kappa shape index (κ2) is 11.6. The lowest BCUT2D eigenvalue weighted by atomic mass is 10.0. The predicted molar refractivity (Wildman–Crippen MR) is 133 cm³/mol. The lowest BCUT2D eigenvalue weighted by Gasteiger charge is -2.49. The molecule has 1 saturated heterocycles. The topological polar surface area (TPSA) is 163 Å². The number of hydrogen-bond donors (Lipinski definition) is 2. The lowest BCUT2D eigenvalue weighted by Crippen LogP contribution is -2.71. The minimum absolute atomic E-state index is 0.0376. The minimum atomic E-state index is -1.14. The number of anilines is 1. The molecule has 0 saturated carbocycles. The molecular formula is C22H27N5O7S2. The van der Waals surface area contributed by atoms with Crippen molar-refractivity contribution in [2.45, 2.75) is 58.4 Å². The lowest BCUT2D eigenvalue weighted by molar-refractivity contribution is -0.182. The third kappa shape index (κ3) is 6.05. The Balaban J connectivity index is 1.81. The SMILES string of the molecule is C/C=C\C1=C(C(=O)OC(C)OC(C)=O)N2C(=O)[C@@H](NC(=O)/C(=N\OC(C)C)c3csc(N)n3)[C@H]2SC1. The normalized spacial score (nSPS) is 20.7. The summed E-state index contributed by atoms with van der Waals surface area (Å²) in [4.78, 5) is 60.9. The summed E-state index contributed by atoms with van der Waals surface area (Å²) >= 11 is 2.51. The smallest absolute Gasteiger partial charge is 0.358 e. The summed E-state index contributed by atoms with van der Waals surface area (Å²) in [6.45, 7) is 7.87. The average Bonchev–Trinajstić information content (AvgIpc) is 3.22. The van der Waals surface area contributed by atoms with E-state index in [0.29, 0.717) is 11.3 Å². The van der Waals surface area contributed by atoms with Crippen molar-refractivity contribution >= 4 is 57.7 Å². The average molecular weight is 538 g/mol. The van der Waals surface area contributed by atoms with Crippen LogP contribution in [0, 0.1) is 0 Å². The highest BCUT2D eigenvalue weighted by atomic mass is 32.2. The number of carbonyl (C=O) groups is 4. The Morgan fingerprint density at radius 2 is 2.03 bits per heavy atom. The van der Waals surface area contributed by atoms with Gasteiger partial charge in [0.2, 0.25) is 6.29 Å². The van der Waals surface area contributed by atoms with Crippen LogP contribution in [0.25, 0.3) is 0 Å². The van der Waals surface area contributed by atoms with Crippen molar-refractivity contribution < 1.29 is 33.5 Å². The van der Waals surface area contributed by atoms with Gasteiger partial charge in [-0.25, -0.2) is 9.78 Å². The van der Waals surface area contributed by atoms with Crippen molar-refractivity contribution in [2.75, 3.05) is 11.5 Å². The van der Waals surface area contributed by atoms with Crippen molar-refractivity contribution in [2.24, 2.45) is 5.16 Å². The Labute approximate surface area is 215 Å². The first kappa shape index (κ1) is 27.2. The minimum Gasteiger partial charge on any atom is -0.426 e. The zero-order chi connectivity index (χ0) is 26.6. The van der Waals surface area contributed by atoms with Crippen LogP contribution in [0.1, 0.15) is 40.3 Å². The van der Waals surface area contributed by atoms with Gasteiger partial charge in [0.15, 0.2) is 10.8 Å². The number of nitrogens with one attached hydrogen (secondary N) is 1. The van der Waals surface area contributed by atoms with Gasteiger partial charge >= 0.3 is 11.9 Å². The number of allylic oxidation sites excluding steroid dienone is 2. The first-order chi connectivity index (χ1) is 17.0. The van der Waals surface area contributed by atoms with Gasteiger partial charge in [0.1, 0.15) is 28.9 Å². The number of β-lactam (4-membered cyclic amide) rings is 1. The predicted octanol–water partition coefficient (Wildman–Crippen LogP) is 1.54. The fraction of sp³-hybridized carbons (Fsp3) is 0.455. The Kier molecular flexibility index (Phi) is 8.74. The number of oxime groups is 1. The van der Waals surface area contributed by atoms with Crippen LogP contribution in [0.15, 0.2) is 34.0 Å². The maximum atomic E-state index is 13.1. The highest BCUT2D eigenvalue weighted by Gasteiger charge is 2.54. The summed E-state index contributed by atoms with van der Waals surface area (Å²) in [6, 6.07) is -0.927. The molecule has 36 heavy (non-hydrogen) atoms. The van der Waals surface area contributed by atoms with Gasteiger partial charge in [-0.1, -0.05) is 17.3 Å². The molecular weight excluding hydrogens is 510 g/mol. The molecule has 0 radical (unpaired) electrons. The van der Waals surface area contributed by atoms with Crippen molar-refractivity contribution in [3.63, 3.8) is 0 Å². The molecule has 3 N–H and O–H groups in total. The van der Waals surface area contributed by atoms with Crippen LogP contribution in [0.5, 0.6) is 0 Å². The molecule has 3 atom stereocenters. The molecule has 2 amide bonds. The first-order valence-electron chi connectivity index (χ1n) is 11.0. The van der Waals surface area contributed by atoms with E-state index < -0.39 is 41.5 Å². The van der Waals surface area contributed by atoms with Crippen LogP contribution in [-0.2, 0) is 33.5 Å². The standard InChI is InChI=1S/C22H27N5O7S2/c1-6-7-13-8-35-20-16(19(30)27(20)17(13)21(31)33-12(5)32-11(4)28)25-18(29)15(26-34-10(2)3)14-9-36-22(23)24-14/h6-7,9-10,12,16,20H,8H2,1-5H3,(H2,23,24)(H,25,29)/b7-6-,26-15-/t12?,16-,20-/m1/s1. The van der Waals surface area contributed by atoms with E-state index in [2.05, 4.69) is 15.5 Å². The van der Waals surface area contributed by atoms with E-state index in [1.165, 1.54) is 30.5 Å². The number of hydrogen-bond acceptors (Lipinski definition) is 12. The van der Waals surface area contributed by atoms with E-state index in [1.807, 2.05) is 0 Å². The van der Waals surface area contributed by atoms with Gasteiger partial charge in [0.05, 0.1) is 0 Å². The van der Waals surface area contributed by atoms with Gasteiger partial charge in [-0.15, -0.1) is 23.1 Å². The van der Waals surface area contributed by atoms with Crippen molar-refractivity contribution in [1.29, 1.82) is 0 Å². The molecule has 1 unspecified atom stereocenters. The molecule has 12 nitrogen and oxygen atoms in total. The third-order valence-corrected chi connectivity index (χ3v) is 6.76. The number of ether oxygens (including phenoxy) is 2. The summed E-state index contributed by atoms with van der Waals surface area (Å²) in [5, 5.41) is 7.83. The van der Waals surface area contributed by atoms with Crippen LogP contribution in [0.3, 0.4) is 0 Å². The van der Waals surface area contributed by atoms with Gasteiger partial charge in [0, 0.05) is 25.0 Å². The van der Waals surface area contributed by atoms with Crippen LogP contribution < -0.4 is 11.1 Å². The van der Waals surface area contributed by atoms with E-state index in [-0.39, 0.29) is 28.3 Å². The zero-order valence-electron chi connectivity index (χ0n) is 20.3.